The molecular weight excluding hydrogens is 254 g/mol. The maximum atomic E-state index is 3.61. The number of rotatable bonds is 3. The molecule has 0 spiro atoms. The van der Waals surface area contributed by atoms with E-state index in [-0.39, 0.29) is 5.41 Å². The molecule has 1 N–H and O–H groups in total. The molecule has 0 aliphatic rings. The van der Waals surface area contributed by atoms with Gasteiger partial charge in [-0.05, 0) is 48.9 Å². The van der Waals surface area contributed by atoms with Crippen molar-refractivity contribution in [1.29, 1.82) is 0 Å². The van der Waals surface area contributed by atoms with E-state index in [9.17, 15) is 0 Å². The molecule has 21 heavy (non-hydrogen) atoms. The standard InChI is InChI=1S/C20H27N/c1-14-7-12-19(15(2)13-14)21-16(3)17-8-10-18(11-9-17)20(4,5)6/h7-13,16,21H,1-6H3. The second-order valence-corrected chi connectivity index (χ2v) is 7.06. The van der Waals surface area contributed by atoms with Gasteiger partial charge in [-0.3, -0.25) is 0 Å². The summed E-state index contributed by atoms with van der Waals surface area (Å²) in [5.74, 6) is 0. The molecule has 1 unspecified atom stereocenters. The molecule has 2 aromatic rings. The first kappa shape index (κ1) is 15.6. The molecule has 112 valence electrons. The van der Waals surface area contributed by atoms with Crippen LogP contribution in [-0.4, -0.2) is 0 Å². The van der Waals surface area contributed by atoms with Crippen molar-refractivity contribution >= 4 is 5.69 Å². The summed E-state index contributed by atoms with van der Waals surface area (Å²) >= 11 is 0. The Kier molecular flexibility index (Phi) is 4.41. The third kappa shape index (κ3) is 3.87. The van der Waals surface area contributed by atoms with E-state index in [0.717, 1.165) is 0 Å². The van der Waals surface area contributed by atoms with Crippen LogP contribution in [0.15, 0.2) is 42.5 Å². The first-order chi connectivity index (χ1) is 9.77. The van der Waals surface area contributed by atoms with E-state index < -0.39 is 0 Å². The Morgan fingerprint density at radius 1 is 0.905 bits per heavy atom. The van der Waals surface area contributed by atoms with Crippen LogP contribution >= 0.6 is 0 Å². The van der Waals surface area contributed by atoms with Gasteiger partial charge in [0.25, 0.3) is 0 Å². The largest absolute Gasteiger partial charge is 0.378 e. The molecular formula is C20H27N. The molecule has 0 amide bonds. The fourth-order valence-corrected chi connectivity index (χ4v) is 2.56. The lowest BCUT2D eigenvalue weighted by atomic mass is 9.86. The number of benzene rings is 2. The fraction of sp³-hybridized carbons (Fsp3) is 0.400. The first-order valence-electron chi connectivity index (χ1n) is 7.71. The van der Waals surface area contributed by atoms with E-state index in [1.807, 2.05) is 0 Å². The summed E-state index contributed by atoms with van der Waals surface area (Å²) in [6, 6.07) is 15.8. The molecule has 2 aromatic carbocycles. The summed E-state index contributed by atoms with van der Waals surface area (Å²) in [6.07, 6.45) is 0. The van der Waals surface area contributed by atoms with E-state index in [2.05, 4.69) is 89.3 Å². The zero-order valence-electron chi connectivity index (χ0n) is 14.1. The zero-order chi connectivity index (χ0) is 15.6. The summed E-state index contributed by atoms with van der Waals surface area (Å²) in [7, 11) is 0. The lowest BCUT2D eigenvalue weighted by molar-refractivity contribution is 0.589. The van der Waals surface area contributed by atoms with Gasteiger partial charge in [0.1, 0.15) is 0 Å². The quantitative estimate of drug-likeness (QED) is 0.752. The van der Waals surface area contributed by atoms with Crippen molar-refractivity contribution in [2.24, 2.45) is 0 Å². The minimum Gasteiger partial charge on any atom is -0.378 e. The monoisotopic (exact) mass is 281 g/mol. The van der Waals surface area contributed by atoms with Crippen molar-refractivity contribution in [3.8, 4) is 0 Å². The average molecular weight is 281 g/mol. The molecule has 2 rings (SSSR count). The molecule has 0 heterocycles. The van der Waals surface area contributed by atoms with Crippen LogP contribution in [0, 0.1) is 13.8 Å². The molecule has 0 saturated carbocycles. The number of hydrogen-bond donors (Lipinski definition) is 1. The average Bonchev–Trinajstić information content (AvgIpc) is 2.41. The van der Waals surface area contributed by atoms with Crippen molar-refractivity contribution < 1.29 is 0 Å². The maximum Gasteiger partial charge on any atom is 0.0485 e. The molecule has 0 fully saturated rings. The van der Waals surface area contributed by atoms with Gasteiger partial charge in [-0.25, -0.2) is 0 Å². The molecule has 1 heteroatoms. The second-order valence-electron chi connectivity index (χ2n) is 7.06. The van der Waals surface area contributed by atoms with Crippen LogP contribution in [0.5, 0.6) is 0 Å². The minimum absolute atomic E-state index is 0.211. The summed E-state index contributed by atoms with van der Waals surface area (Å²) in [5.41, 5.74) is 6.73. The maximum absolute atomic E-state index is 3.61. The summed E-state index contributed by atoms with van der Waals surface area (Å²) in [6.45, 7) is 13.2. The Hall–Kier alpha value is -1.76. The van der Waals surface area contributed by atoms with Crippen LogP contribution in [0.1, 0.15) is 56.0 Å². The third-order valence-electron chi connectivity index (χ3n) is 4.03. The zero-order valence-corrected chi connectivity index (χ0v) is 14.1. The Balaban J connectivity index is 2.15. The van der Waals surface area contributed by atoms with E-state index >= 15 is 0 Å². The summed E-state index contributed by atoms with van der Waals surface area (Å²) in [4.78, 5) is 0. The Labute approximate surface area is 129 Å². The van der Waals surface area contributed by atoms with Gasteiger partial charge in [-0.1, -0.05) is 62.7 Å². The molecule has 1 atom stereocenters. The third-order valence-corrected chi connectivity index (χ3v) is 4.03. The van der Waals surface area contributed by atoms with E-state index in [4.69, 9.17) is 0 Å². The SMILES string of the molecule is Cc1ccc(NC(C)c2ccc(C(C)(C)C)cc2)c(C)c1. The van der Waals surface area contributed by atoms with Gasteiger partial charge >= 0.3 is 0 Å². The predicted octanol–water partition coefficient (Wildman–Crippen LogP) is 5.77. The molecule has 1 nitrogen and oxygen atoms in total. The van der Waals surface area contributed by atoms with Crippen molar-refractivity contribution in [3.63, 3.8) is 0 Å². The lowest BCUT2D eigenvalue weighted by Gasteiger charge is -2.21. The molecule has 0 saturated heterocycles. The highest BCUT2D eigenvalue weighted by Crippen LogP contribution is 2.26. The Bertz CT molecular complexity index is 603. The normalized spacial score (nSPS) is 13.0. The second kappa shape index (κ2) is 5.93. The van der Waals surface area contributed by atoms with Gasteiger partial charge in [-0.15, -0.1) is 0 Å². The number of anilines is 1. The molecule has 0 aliphatic heterocycles. The van der Waals surface area contributed by atoms with Crippen LogP contribution in [0.3, 0.4) is 0 Å². The molecule has 0 aromatic heterocycles. The molecule has 0 radical (unpaired) electrons. The van der Waals surface area contributed by atoms with Gasteiger partial charge in [0, 0.05) is 11.7 Å². The summed E-state index contributed by atoms with van der Waals surface area (Å²) < 4.78 is 0. The summed E-state index contributed by atoms with van der Waals surface area (Å²) in [5, 5.41) is 3.61. The lowest BCUT2D eigenvalue weighted by Crippen LogP contribution is -2.12. The Morgan fingerprint density at radius 3 is 2.05 bits per heavy atom. The van der Waals surface area contributed by atoms with Crippen LogP contribution in [0.2, 0.25) is 0 Å². The van der Waals surface area contributed by atoms with Crippen molar-refractivity contribution in [3.05, 3.63) is 64.7 Å². The van der Waals surface area contributed by atoms with Gasteiger partial charge in [0.05, 0.1) is 0 Å². The highest BCUT2D eigenvalue weighted by molar-refractivity contribution is 5.53. The van der Waals surface area contributed by atoms with Crippen LogP contribution < -0.4 is 5.32 Å². The predicted molar refractivity (Wildman–Crippen MR) is 93.1 cm³/mol. The van der Waals surface area contributed by atoms with Crippen LogP contribution in [-0.2, 0) is 5.41 Å². The number of nitrogens with one attached hydrogen (secondary N) is 1. The van der Waals surface area contributed by atoms with Crippen LogP contribution in [0.4, 0.5) is 5.69 Å². The van der Waals surface area contributed by atoms with Gasteiger partial charge in [0.15, 0.2) is 0 Å². The van der Waals surface area contributed by atoms with Gasteiger partial charge in [-0.2, -0.15) is 0 Å². The van der Waals surface area contributed by atoms with E-state index in [0.29, 0.717) is 6.04 Å². The Morgan fingerprint density at radius 2 is 1.52 bits per heavy atom. The smallest absolute Gasteiger partial charge is 0.0485 e. The topological polar surface area (TPSA) is 12.0 Å². The van der Waals surface area contributed by atoms with Crippen molar-refractivity contribution in [2.75, 3.05) is 5.32 Å². The molecule has 0 aliphatic carbocycles. The highest BCUT2D eigenvalue weighted by atomic mass is 14.9. The van der Waals surface area contributed by atoms with E-state index in [1.54, 1.807) is 0 Å². The highest BCUT2D eigenvalue weighted by Gasteiger charge is 2.14. The van der Waals surface area contributed by atoms with Crippen molar-refractivity contribution in [2.45, 2.75) is 53.0 Å². The van der Waals surface area contributed by atoms with Gasteiger partial charge in [0.2, 0.25) is 0 Å². The number of aryl methyl sites for hydroxylation is 2. The fourth-order valence-electron chi connectivity index (χ4n) is 2.56. The number of hydrogen-bond acceptors (Lipinski definition) is 1. The van der Waals surface area contributed by atoms with Crippen molar-refractivity contribution in [1.82, 2.24) is 0 Å². The van der Waals surface area contributed by atoms with Crippen LogP contribution in [0.25, 0.3) is 0 Å². The first-order valence-corrected chi connectivity index (χ1v) is 7.71. The van der Waals surface area contributed by atoms with E-state index in [1.165, 1.54) is 27.9 Å². The van der Waals surface area contributed by atoms with Gasteiger partial charge < -0.3 is 5.32 Å². The molecule has 0 bridgehead atoms. The minimum atomic E-state index is 0.211.